The normalized spacial score (nSPS) is 25.6. The van der Waals surface area contributed by atoms with E-state index in [1.165, 1.54) is 58.7 Å². The van der Waals surface area contributed by atoms with Crippen molar-refractivity contribution in [2.45, 2.75) is 25.8 Å². The molecule has 0 spiro atoms. The second kappa shape index (κ2) is 6.69. The van der Waals surface area contributed by atoms with Gasteiger partial charge in [0.25, 0.3) is 0 Å². The van der Waals surface area contributed by atoms with Crippen LogP contribution >= 0.6 is 0 Å². The summed E-state index contributed by atoms with van der Waals surface area (Å²) in [6.07, 6.45) is 2.62. The van der Waals surface area contributed by atoms with Crippen LogP contribution in [0, 0.1) is 0 Å². The first-order valence-corrected chi connectivity index (χ1v) is 7.15. The fourth-order valence-corrected chi connectivity index (χ4v) is 2.93. The molecule has 4 heteroatoms. The molecule has 2 saturated heterocycles. The first kappa shape index (κ1) is 13.3. The number of nitrogens with one attached hydrogen (secondary N) is 1. The van der Waals surface area contributed by atoms with Crippen LogP contribution in [-0.2, 0) is 0 Å². The zero-order valence-electron chi connectivity index (χ0n) is 11.5. The maximum absolute atomic E-state index is 3.44. The van der Waals surface area contributed by atoms with Gasteiger partial charge in [-0.3, -0.25) is 9.80 Å². The molecule has 4 nitrogen and oxygen atoms in total. The summed E-state index contributed by atoms with van der Waals surface area (Å²) in [6, 6.07) is 0.792. The summed E-state index contributed by atoms with van der Waals surface area (Å²) < 4.78 is 0. The lowest BCUT2D eigenvalue weighted by molar-refractivity contribution is 0.0608. The molecule has 0 radical (unpaired) electrons. The quantitative estimate of drug-likeness (QED) is 0.761. The Balaban J connectivity index is 1.69. The Morgan fingerprint density at radius 3 is 2.24 bits per heavy atom. The number of likely N-dealkylation sites (N-methyl/N-ethyl adjacent to an activating group) is 1. The van der Waals surface area contributed by atoms with E-state index in [1.54, 1.807) is 0 Å². The summed E-state index contributed by atoms with van der Waals surface area (Å²) in [5.74, 6) is 0. The molecule has 0 aromatic carbocycles. The Kier molecular flexibility index (Phi) is 5.22. The molecule has 2 aliphatic heterocycles. The predicted molar refractivity (Wildman–Crippen MR) is 72.2 cm³/mol. The fraction of sp³-hybridized carbons (Fsp3) is 1.00. The van der Waals surface area contributed by atoms with E-state index in [9.17, 15) is 0 Å². The van der Waals surface area contributed by atoms with Crippen molar-refractivity contribution < 1.29 is 0 Å². The molecule has 0 aromatic heterocycles. The van der Waals surface area contributed by atoms with Gasteiger partial charge in [-0.15, -0.1) is 0 Å². The average molecular weight is 240 g/mol. The van der Waals surface area contributed by atoms with Crippen molar-refractivity contribution in [3.63, 3.8) is 0 Å². The number of hydrogen-bond donors (Lipinski definition) is 1. The van der Waals surface area contributed by atoms with Crippen molar-refractivity contribution in [2.24, 2.45) is 0 Å². The minimum atomic E-state index is 0.792. The van der Waals surface area contributed by atoms with E-state index in [4.69, 9.17) is 0 Å². The minimum Gasteiger partial charge on any atom is -0.317 e. The second-order valence-electron chi connectivity index (χ2n) is 5.43. The van der Waals surface area contributed by atoms with Crippen molar-refractivity contribution in [3.05, 3.63) is 0 Å². The summed E-state index contributed by atoms with van der Waals surface area (Å²) in [5, 5.41) is 3.44. The lowest BCUT2D eigenvalue weighted by atomic mass is 10.1. The van der Waals surface area contributed by atoms with Crippen molar-refractivity contribution in [1.82, 2.24) is 20.0 Å². The van der Waals surface area contributed by atoms with Gasteiger partial charge in [-0.1, -0.05) is 6.92 Å². The first-order valence-electron chi connectivity index (χ1n) is 7.15. The highest BCUT2D eigenvalue weighted by Crippen LogP contribution is 2.11. The third kappa shape index (κ3) is 3.91. The molecule has 17 heavy (non-hydrogen) atoms. The monoisotopic (exact) mass is 240 g/mol. The Bertz CT molecular complexity index is 207. The van der Waals surface area contributed by atoms with E-state index in [2.05, 4.69) is 34.0 Å². The average Bonchev–Trinajstić information content (AvgIpc) is 2.40. The van der Waals surface area contributed by atoms with Crippen molar-refractivity contribution >= 4 is 0 Å². The van der Waals surface area contributed by atoms with Crippen LogP contribution in [0.15, 0.2) is 0 Å². The highest BCUT2D eigenvalue weighted by atomic mass is 15.3. The van der Waals surface area contributed by atoms with E-state index in [-0.39, 0.29) is 0 Å². The Morgan fingerprint density at radius 1 is 1.06 bits per heavy atom. The summed E-state index contributed by atoms with van der Waals surface area (Å²) in [6.45, 7) is 12.0. The van der Waals surface area contributed by atoms with Crippen LogP contribution in [-0.4, -0.2) is 80.3 Å². The number of piperidine rings is 1. The Morgan fingerprint density at radius 2 is 1.65 bits per heavy atom. The molecule has 0 atom stereocenters. The van der Waals surface area contributed by atoms with Gasteiger partial charge in [0.2, 0.25) is 0 Å². The van der Waals surface area contributed by atoms with Gasteiger partial charge < -0.3 is 10.2 Å². The van der Waals surface area contributed by atoms with Gasteiger partial charge in [-0.05, 0) is 39.5 Å². The summed E-state index contributed by atoms with van der Waals surface area (Å²) >= 11 is 0. The number of nitrogens with zero attached hydrogens (tertiary/aromatic N) is 3. The van der Waals surface area contributed by atoms with Crippen molar-refractivity contribution in [3.8, 4) is 0 Å². The van der Waals surface area contributed by atoms with Crippen LogP contribution in [0.5, 0.6) is 0 Å². The maximum atomic E-state index is 3.44. The van der Waals surface area contributed by atoms with Crippen LogP contribution in [0.2, 0.25) is 0 Å². The molecule has 100 valence electrons. The zero-order chi connectivity index (χ0) is 12.1. The van der Waals surface area contributed by atoms with Gasteiger partial charge in [0.1, 0.15) is 0 Å². The number of piperazine rings is 1. The Labute approximate surface area is 106 Å². The summed E-state index contributed by atoms with van der Waals surface area (Å²) in [4.78, 5) is 7.71. The minimum absolute atomic E-state index is 0.792. The third-order valence-electron chi connectivity index (χ3n) is 4.27. The van der Waals surface area contributed by atoms with E-state index in [0.29, 0.717) is 0 Å². The zero-order valence-corrected chi connectivity index (χ0v) is 11.5. The fourth-order valence-electron chi connectivity index (χ4n) is 2.93. The standard InChI is InChI=1S/C13H28N4/c1-3-16-8-10-17(11-9-16)12-15(2)13-4-6-14-7-5-13/h13-14H,3-12H2,1-2H3. The van der Waals surface area contributed by atoms with Gasteiger partial charge in [0.05, 0.1) is 6.67 Å². The van der Waals surface area contributed by atoms with Crippen LogP contribution in [0.3, 0.4) is 0 Å². The molecule has 2 heterocycles. The largest absolute Gasteiger partial charge is 0.317 e. The molecule has 0 saturated carbocycles. The third-order valence-corrected chi connectivity index (χ3v) is 4.27. The molecule has 0 bridgehead atoms. The summed E-state index contributed by atoms with van der Waals surface area (Å²) in [7, 11) is 2.29. The van der Waals surface area contributed by atoms with Gasteiger partial charge in [0.15, 0.2) is 0 Å². The molecule has 1 N–H and O–H groups in total. The van der Waals surface area contributed by atoms with E-state index in [0.717, 1.165) is 12.7 Å². The first-order chi connectivity index (χ1) is 8.29. The molecule has 2 rings (SSSR count). The number of rotatable bonds is 4. The van der Waals surface area contributed by atoms with Crippen LogP contribution in [0.25, 0.3) is 0 Å². The second-order valence-corrected chi connectivity index (χ2v) is 5.43. The smallest absolute Gasteiger partial charge is 0.0507 e. The highest BCUT2D eigenvalue weighted by Gasteiger charge is 2.21. The highest BCUT2D eigenvalue weighted by molar-refractivity contribution is 4.77. The van der Waals surface area contributed by atoms with Crippen molar-refractivity contribution in [1.29, 1.82) is 0 Å². The van der Waals surface area contributed by atoms with Crippen LogP contribution in [0.4, 0.5) is 0 Å². The molecule has 2 fully saturated rings. The van der Waals surface area contributed by atoms with Gasteiger partial charge in [-0.2, -0.15) is 0 Å². The lowest BCUT2D eigenvalue weighted by Crippen LogP contribution is -2.52. The lowest BCUT2D eigenvalue weighted by Gasteiger charge is -2.39. The van der Waals surface area contributed by atoms with E-state index >= 15 is 0 Å². The number of hydrogen-bond acceptors (Lipinski definition) is 4. The Hall–Kier alpha value is -0.160. The maximum Gasteiger partial charge on any atom is 0.0507 e. The molecule has 0 aromatic rings. The van der Waals surface area contributed by atoms with Crippen LogP contribution in [0.1, 0.15) is 19.8 Å². The van der Waals surface area contributed by atoms with Gasteiger partial charge in [-0.25, -0.2) is 0 Å². The molecule has 0 unspecified atom stereocenters. The van der Waals surface area contributed by atoms with Crippen LogP contribution < -0.4 is 5.32 Å². The molecule has 2 aliphatic rings. The molecule has 0 aliphatic carbocycles. The molecular formula is C13H28N4. The van der Waals surface area contributed by atoms with E-state index in [1.807, 2.05) is 0 Å². The predicted octanol–water partition coefficient (Wildman–Crippen LogP) is 0.265. The SMILES string of the molecule is CCN1CCN(CN(C)C2CCNCC2)CC1. The van der Waals surface area contributed by atoms with E-state index < -0.39 is 0 Å². The van der Waals surface area contributed by atoms with Gasteiger partial charge in [0, 0.05) is 32.2 Å². The molecule has 0 amide bonds. The topological polar surface area (TPSA) is 21.8 Å². The van der Waals surface area contributed by atoms with Gasteiger partial charge >= 0.3 is 0 Å². The van der Waals surface area contributed by atoms with Crippen molar-refractivity contribution in [2.75, 3.05) is 59.5 Å². The molecular weight excluding hydrogens is 212 g/mol. The summed E-state index contributed by atoms with van der Waals surface area (Å²) in [5.41, 5.74) is 0.